The normalized spacial score (nSPS) is 13.7. The number of hydrogen-bond donors (Lipinski definition) is 3. The number of aromatic hydroxyl groups is 1. The number of aryl methyl sites for hydroxylation is 2. The Bertz CT molecular complexity index is 1610. The van der Waals surface area contributed by atoms with Gasteiger partial charge in [0, 0.05) is 18.3 Å². The number of hydrogen-bond acceptors (Lipinski definition) is 6. The Labute approximate surface area is 220 Å². The van der Waals surface area contributed by atoms with Crippen LogP contribution in [0.25, 0.3) is 11.1 Å². The van der Waals surface area contributed by atoms with Gasteiger partial charge in [-0.15, -0.1) is 0 Å². The molecule has 0 aliphatic rings. The molecule has 1 amide bonds. The molecule has 0 saturated carbocycles. The lowest BCUT2D eigenvalue weighted by Gasteiger charge is -2.22. The third-order valence-corrected chi connectivity index (χ3v) is 6.73. The molecule has 0 saturated heterocycles. The maximum atomic E-state index is 13.2. The fourth-order valence-corrected chi connectivity index (χ4v) is 4.68. The molecule has 0 fully saturated rings. The maximum Gasteiger partial charge on any atom is 0.226 e. The van der Waals surface area contributed by atoms with Crippen molar-refractivity contribution in [2.45, 2.75) is 38.8 Å². The number of aromatic nitrogens is 2. The molecule has 0 aliphatic heterocycles. The van der Waals surface area contributed by atoms with Crippen LogP contribution in [0.2, 0.25) is 0 Å². The van der Waals surface area contributed by atoms with Crippen molar-refractivity contribution in [1.29, 1.82) is 0 Å². The van der Waals surface area contributed by atoms with E-state index in [4.69, 9.17) is 4.42 Å². The van der Waals surface area contributed by atoms with Crippen molar-refractivity contribution in [2.24, 2.45) is 0 Å². The number of nitrogens with one attached hydrogen (secondary N) is 1. The minimum absolute atomic E-state index is 0.0827. The summed E-state index contributed by atoms with van der Waals surface area (Å²) in [5.74, 6) is -0.0835. The highest BCUT2D eigenvalue weighted by atomic mass is 16.4. The zero-order valence-electron chi connectivity index (χ0n) is 21.5. The highest BCUT2D eigenvalue weighted by molar-refractivity contribution is 5.81. The number of pyridine rings is 2. The lowest BCUT2D eigenvalue weighted by Crippen LogP contribution is -2.31. The monoisotopic (exact) mass is 507 g/mol. The van der Waals surface area contributed by atoms with E-state index in [1.54, 1.807) is 31.2 Å². The quantitative estimate of drug-likeness (QED) is 0.278. The number of furan rings is 1. The number of rotatable bonds is 7. The molecule has 0 radical (unpaired) electrons. The third-order valence-electron chi connectivity index (χ3n) is 6.73. The summed E-state index contributed by atoms with van der Waals surface area (Å²) in [5, 5.41) is 24.0. The van der Waals surface area contributed by atoms with Gasteiger partial charge in [0.2, 0.25) is 11.8 Å². The van der Waals surface area contributed by atoms with Gasteiger partial charge >= 0.3 is 0 Å². The topological polar surface area (TPSA) is 108 Å². The first kappa shape index (κ1) is 25.2. The van der Waals surface area contributed by atoms with Crippen LogP contribution in [0, 0.1) is 13.8 Å². The summed E-state index contributed by atoms with van der Waals surface area (Å²) in [6.45, 7) is 5.68. The van der Waals surface area contributed by atoms with Gasteiger partial charge in [-0.05, 0) is 61.2 Å². The molecule has 0 bridgehead atoms. The van der Waals surface area contributed by atoms with Crippen molar-refractivity contribution in [1.82, 2.24) is 15.3 Å². The zero-order chi connectivity index (χ0) is 26.9. The van der Waals surface area contributed by atoms with Crippen LogP contribution >= 0.6 is 0 Å². The SMILES string of the molecule is Cc1ccc(C(NC(=O)Cc2ccc3oc(C(C)(O)c4ccnc(O)c4)cc3n2)c2ccccc2)c(C)c1. The predicted molar refractivity (Wildman–Crippen MR) is 145 cm³/mol. The molecule has 2 atom stereocenters. The Morgan fingerprint density at radius 2 is 1.82 bits per heavy atom. The van der Waals surface area contributed by atoms with Gasteiger partial charge in [-0.3, -0.25) is 4.79 Å². The highest BCUT2D eigenvalue weighted by Crippen LogP contribution is 2.34. The fourth-order valence-electron chi connectivity index (χ4n) is 4.68. The van der Waals surface area contributed by atoms with Crippen molar-refractivity contribution in [2.75, 3.05) is 0 Å². The first-order valence-corrected chi connectivity index (χ1v) is 12.4. The van der Waals surface area contributed by atoms with Gasteiger partial charge < -0.3 is 19.9 Å². The fraction of sp³-hybridized carbons (Fsp3) is 0.194. The van der Waals surface area contributed by atoms with Crippen molar-refractivity contribution >= 4 is 17.0 Å². The third kappa shape index (κ3) is 5.14. The summed E-state index contributed by atoms with van der Waals surface area (Å²) in [6, 6.07) is 24.0. The lowest BCUT2D eigenvalue weighted by molar-refractivity contribution is -0.121. The van der Waals surface area contributed by atoms with E-state index in [0.717, 1.165) is 16.7 Å². The van der Waals surface area contributed by atoms with Gasteiger partial charge in [0.25, 0.3) is 0 Å². The van der Waals surface area contributed by atoms with E-state index in [2.05, 4.69) is 47.3 Å². The van der Waals surface area contributed by atoms with Crippen LogP contribution < -0.4 is 5.32 Å². The van der Waals surface area contributed by atoms with Crippen LogP contribution in [0.4, 0.5) is 0 Å². The summed E-state index contributed by atoms with van der Waals surface area (Å²) in [7, 11) is 0. The van der Waals surface area contributed by atoms with Crippen LogP contribution in [0.15, 0.2) is 89.5 Å². The molecule has 3 heterocycles. The van der Waals surface area contributed by atoms with Crippen LogP contribution in [0.3, 0.4) is 0 Å². The van der Waals surface area contributed by atoms with Crippen LogP contribution in [0.5, 0.6) is 5.88 Å². The molecule has 38 heavy (non-hydrogen) atoms. The van der Waals surface area contributed by atoms with Gasteiger partial charge in [-0.1, -0.05) is 54.1 Å². The van der Waals surface area contributed by atoms with Crippen molar-refractivity contribution in [3.05, 3.63) is 124 Å². The van der Waals surface area contributed by atoms with Crippen LogP contribution in [0.1, 0.15) is 52.2 Å². The summed E-state index contributed by atoms with van der Waals surface area (Å²) in [5.41, 5.74) is 4.84. The molecule has 0 spiro atoms. The molecular weight excluding hydrogens is 478 g/mol. The number of amides is 1. The Kier molecular flexibility index (Phi) is 6.70. The van der Waals surface area contributed by atoms with Gasteiger partial charge in [-0.25, -0.2) is 9.97 Å². The largest absolute Gasteiger partial charge is 0.493 e. The van der Waals surface area contributed by atoms with Crippen LogP contribution in [-0.4, -0.2) is 26.1 Å². The van der Waals surface area contributed by atoms with E-state index >= 15 is 0 Å². The number of aliphatic hydroxyl groups is 1. The number of carbonyl (C=O) groups excluding carboxylic acids is 1. The van der Waals surface area contributed by atoms with E-state index in [9.17, 15) is 15.0 Å². The molecule has 5 aromatic rings. The second-order valence-corrected chi connectivity index (χ2v) is 9.72. The van der Waals surface area contributed by atoms with Crippen molar-refractivity contribution in [3.63, 3.8) is 0 Å². The molecule has 0 aliphatic carbocycles. The molecule has 3 N–H and O–H groups in total. The zero-order valence-corrected chi connectivity index (χ0v) is 21.5. The van der Waals surface area contributed by atoms with Gasteiger partial charge in [0.05, 0.1) is 18.2 Å². The lowest BCUT2D eigenvalue weighted by atomic mass is 9.93. The number of benzene rings is 2. The maximum absolute atomic E-state index is 13.2. The minimum atomic E-state index is -1.51. The average molecular weight is 508 g/mol. The highest BCUT2D eigenvalue weighted by Gasteiger charge is 2.31. The molecule has 3 aromatic heterocycles. The second kappa shape index (κ2) is 10.1. The Morgan fingerprint density at radius 1 is 1.03 bits per heavy atom. The average Bonchev–Trinajstić information content (AvgIpc) is 3.33. The first-order chi connectivity index (χ1) is 18.2. The summed E-state index contributed by atoms with van der Waals surface area (Å²) >= 11 is 0. The van der Waals surface area contributed by atoms with E-state index in [-0.39, 0.29) is 30.0 Å². The number of nitrogens with zero attached hydrogens (tertiary/aromatic N) is 2. The van der Waals surface area contributed by atoms with E-state index in [1.807, 2.05) is 30.3 Å². The Hall–Kier alpha value is -4.49. The van der Waals surface area contributed by atoms with Gasteiger partial charge in [0.1, 0.15) is 16.9 Å². The van der Waals surface area contributed by atoms with Crippen molar-refractivity contribution < 1.29 is 19.4 Å². The Morgan fingerprint density at radius 3 is 2.55 bits per heavy atom. The summed E-state index contributed by atoms with van der Waals surface area (Å²) in [6.07, 6.45) is 1.50. The molecule has 192 valence electrons. The van der Waals surface area contributed by atoms with Crippen LogP contribution in [-0.2, 0) is 16.8 Å². The predicted octanol–water partition coefficient (Wildman–Crippen LogP) is 5.25. The van der Waals surface area contributed by atoms with Gasteiger partial charge in [0.15, 0.2) is 5.58 Å². The van der Waals surface area contributed by atoms with E-state index in [1.165, 1.54) is 17.8 Å². The molecule has 2 aromatic carbocycles. The van der Waals surface area contributed by atoms with Gasteiger partial charge in [-0.2, -0.15) is 0 Å². The van der Waals surface area contributed by atoms with E-state index < -0.39 is 5.60 Å². The smallest absolute Gasteiger partial charge is 0.226 e. The Balaban J connectivity index is 1.39. The first-order valence-electron chi connectivity index (χ1n) is 12.4. The molecule has 7 nitrogen and oxygen atoms in total. The summed E-state index contributed by atoms with van der Waals surface area (Å²) < 4.78 is 5.88. The number of carbonyl (C=O) groups is 1. The summed E-state index contributed by atoms with van der Waals surface area (Å²) in [4.78, 5) is 21.6. The molecular formula is C31H29N3O4. The molecule has 2 unspecified atom stereocenters. The molecule has 7 heteroatoms. The standard InChI is InChI=1S/C31H29N3O4/c1-19-9-11-24(20(2)15-19)30(21-7-5-4-6-8-21)34-29(36)17-23-10-12-26-25(33-23)18-27(38-26)31(3,37)22-13-14-32-28(35)16-22/h4-16,18,30,37H,17H2,1-3H3,(H,32,35)(H,34,36). The second-order valence-electron chi connectivity index (χ2n) is 9.72. The minimum Gasteiger partial charge on any atom is -0.493 e. The number of fused-ring (bicyclic) bond motifs is 1. The van der Waals surface area contributed by atoms with Crippen molar-refractivity contribution in [3.8, 4) is 5.88 Å². The van der Waals surface area contributed by atoms with E-state index in [0.29, 0.717) is 22.4 Å². The molecule has 5 rings (SSSR count).